The van der Waals surface area contributed by atoms with Gasteiger partial charge >= 0.3 is 0 Å². The molecule has 2 N–H and O–H groups in total. The van der Waals surface area contributed by atoms with Crippen molar-refractivity contribution < 1.29 is 9.18 Å². The molecule has 22 heavy (non-hydrogen) atoms. The number of aromatic amines is 1. The number of nitrogens with one attached hydrogen (secondary N) is 2. The number of pyridine rings is 1. The third kappa shape index (κ3) is 3.17. The summed E-state index contributed by atoms with van der Waals surface area (Å²) in [7, 11) is 0. The molecule has 0 aliphatic heterocycles. The van der Waals surface area contributed by atoms with Crippen molar-refractivity contribution >= 4 is 5.91 Å². The van der Waals surface area contributed by atoms with Crippen LogP contribution < -0.4 is 5.32 Å². The van der Waals surface area contributed by atoms with Crippen molar-refractivity contribution in [2.24, 2.45) is 0 Å². The summed E-state index contributed by atoms with van der Waals surface area (Å²) >= 11 is 0. The number of hydrogen-bond donors (Lipinski definition) is 2. The van der Waals surface area contributed by atoms with Crippen LogP contribution in [0, 0.1) is 5.82 Å². The SMILES string of the molecule is O=C(NCc1ccc(F)cn1)c1cc(-c2ccccc2)n[nH]1. The maximum atomic E-state index is 12.8. The highest BCUT2D eigenvalue weighted by Gasteiger charge is 2.10. The average Bonchev–Trinajstić information content (AvgIpc) is 3.05. The van der Waals surface area contributed by atoms with Crippen molar-refractivity contribution in [3.05, 3.63) is 71.9 Å². The second-order valence-electron chi connectivity index (χ2n) is 4.68. The smallest absolute Gasteiger partial charge is 0.269 e. The van der Waals surface area contributed by atoms with Crippen molar-refractivity contribution in [1.29, 1.82) is 0 Å². The number of hydrogen-bond acceptors (Lipinski definition) is 3. The fourth-order valence-corrected chi connectivity index (χ4v) is 1.97. The van der Waals surface area contributed by atoms with E-state index in [0.717, 1.165) is 11.8 Å². The lowest BCUT2D eigenvalue weighted by molar-refractivity contribution is 0.0945. The van der Waals surface area contributed by atoms with Crippen molar-refractivity contribution in [3.63, 3.8) is 0 Å². The van der Waals surface area contributed by atoms with Gasteiger partial charge in [0.25, 0.3) is 5.91 Å². The van der Waals surface area contributed by atoms with Gasteiger partial charge in [0.1, 0.15) is 11.5 Å². The molecule has 6 heteroatoms. The number of rotatable bonds is 4. The van der Waals surface area contributed by atoms with Gasteiger partial charge in [-0.05, 0) is 18.2 Å². The highest BCUT2D eigenvalue weighted by molar-refractivity contribution is 5.93. The van der Waals surface area contributed by atoms with Crippen LogP contribution in [0.2, 0.25) is 0 Å². The average molecular weight is 296 g/mol. The fraction of sp³-hybridized carbons (Fsp3) is 0.0625. The third-order valence-corrected chi connectivity index (χ3v) is 3.11. The molecule has 0 unspecified atom stereocenters. The number of amides is 1. The molecule has 5 nitrogen and oxygen atoms in total. The molecule has 2 heterocycles. The highest BCUT2D eigenvalue weighted by Crippen LogP contribution is 2.16. The molecule has 0 aliphatic rings. The summed E-state index contributed by atoms with van der Waals surface area (Å²) in [6.45, 7) is 0.221. The summed E-state index contributed by atoms with van der Waals surface area (Å²) in [4.78, 5) is 15.9. The van der Waals surface area contributed by atoms with E-state index in [1.54, 1.807) is 6.07 Å². The normalized spacial score (nSPS) is 10.4. The molecule has 1 amide bonds. The molecule has 0 atom stereocenters. The molecular weight excluding hydrogens is 283 g/mol. The predicted octanol–water partition coefficient (Wildman–Crippen LogP) is 2.54. The van der Waals surface area contributed by atoms with Gasteiger partial charge in [-0.15, -0.1) is 0 Å². The number of aromatic nitrogens is 3. The van der Waals surface area contributed by atoms with E-state index in [1.165, 1.54) is 12.1 Å². The highest BCUT2D eigenvalue weighted by atomic mass is 19.1. The van der Waals surface area contributed by atoms with Gasteiger partial charge in [-0.25, -0.2) is 4.39 Å². The van der Waals surface area contributed by atoms with Crippen LogP contribution in [0.15, 0.2) is 54.7 Å². The molecule has 3 rings (SSSR count). The van der Waals surface area contributed by atoms with E-state index in [9.17, 15) is 9.18 Å². The Kier molecular flexibility index (Phi) is 3.91. The summed E-state index contributed by atoms with van der Waals surface area (Å²) in [5.41, 5.74) is 2.57. The van der Waals surface area contributed by atoms with Crippen molar-refractivity contribution in [2.45, 2.75) is 6.54 Å². The minimum Gasteiger partial charge on any atom is -0.345 e. The van der Waals surface area contributed by atoms with Crippen LogP contribution in [0.25, 0.3) is 11.3 Å². The minimum atomic E-state index is -0.406. The van der Waals surface area contributed by atoms with Gasteiger partial charge in [-0.1, -0.05) is 30.3 Å². The molecule has 0 aliphatic carbocycles. The van der Waals surface area contributed by atoms with E-state index < -0.39 is 5.82 Å². The Morgan fingerprint density at radius 2 is 2.00 bits per heavy atom. The fourth-order valence-electron chi connectivity index (χ4n) is 1.97. The summed E-state index contributed by atoms with van der Waals surface area (Å²) < 4.78 is 12.8. The largest absolute Gasteiger partial charge is 0.345 e. The van der Waals surface area contributed by atoms with Crippen molar-refractivity contribution in [3.8, 4) is 11.3 Å². The van der Waals surface area contributed by atoms with Crippen LogP contribution in [0.1, 0.15) is 16.2 Å². The monoisotopic (exact) mass is 296 g/mol. The lowest BCUT2D eigenvalue weighted by atomic mass is 10.1. The first kappa shape index (κ1) is 13.9. The first-order chi connectivity index (χ1) is 10.7. The summed E-state index contributed by atoms with van der Waals surface area (Å²) in [5, 5.41) is 9.53. The van der Waals surface area contributed by atoms with Crippen LogP contribution in [0.5, 0.6) is 0 Å². The van der Waals surface area contributed by atoms with Crippen LogP contribution in [-0.4, -0.2) is 21.1 Å². The maximum Gasteiger partial charge on any atom is 0.269 e. The molecule has 0 saturated heterocycles. The molecule has 3 aromatic rings. The van der Waals surface area contributed by atoms with E-state index in [-0.39, 0.29) is 12.5 Å². The van der Waals surface area contributed by atoms with Crippen LogP contribution >= 0.6 is 0 Å². The summed E-state index contributed by atoms with van der Waals surface area (Å²) in [5.74, 6) is -0.697. The van der Waals surface area contributed by atoms with E-state index in [0.29, 0.717) is 17.1 Å². The van der Waals surface area contributed by atoms with Gasteiger partial charge in [0.05, 0.1) is 24.1 Å². The lowest BCUT2D eigenvalue weighted by Crippen LogP contribution is -2.23. The number of carbonyl (C=O) groups is 1. The van der Waals surface area contributed by atoms with Gasteiger partial charge in [-0.2, -0.15) is 5.10 Å². The second-order valence-corrected chi connectivity index (χ2v) is 4.68. The van der Waals surface area contributed by atoms with Crippen LogP contribution in [0.3, 0.4) is 0 Å². The molecule has 0 fully saturated rings. The zero-order valence-corrected chi connectivity index (χ0v) is 11.6. The topological polar surface area (TPSA) is 70.7 Å². The van der Waals surface area contributed by atoms with Gasteiger partial charge in [-0.3, -0.25) is 14.9 Å². The molecule has 0 bridgehead atoms. The molecule has 110 valence electrons. The zero-order chi connectivity index (χ0) is 15.4. The minimum absolute atomic E-state index is 0.221. The maximum absolute atomic E-state index is 12.8. The lowest BCUT2D eigenvalue weighted by Gasteiger charge is -2.02. The first-order valence-corrected chi connectivity index (χ1v) is 6.72. The van der Waals surface area contributed by atoms with Crippen LogP contribution in [-0.2, 0) is 6.54 Å². The Bertz CT molecular complexity index is 768. The quantitative estimate of drug-likeness (QED) is 0.777. The molecule has 0 spiro atoms. The predicted molar refractivity (Wildman–Crippen MR) is 79.4 cm³/mol. The Balaban J connectivity index is 1.66. The number of nitrogens with zero attached hydrogens (tertiary/aromatic N) is 2. The van der Waals surface area contributed by atoms with Gasteiger partial charge < -0.3 is 5.32 Å². The third-order valence-electron chi connectivity index (χ3n) is 3.11. The molecule has 0 radical (unpaired) electrons. The van der Waals surface area contributed by atoms with E-state index in [1.807, 2.05) is 30.3 Å². The summed E-state index contributed by atoms with van der Waals surface area (Å²) in [6, 6.07) is 14.1. The Hall–Kier alpha value is -3.02. The summed E-state index contributed by atoms with van der Waals surface area (Å²) in [6.07, 6.45) is 1.12. The van der Waals surface area contributed by atoms with E-state index >= 15 is 0 Å². The Morgan fingerprint density at radius 3 is 2.73 bits per heavy atom. The molecular formula is C16H13FN4O. The van der Waals surface area contributed by atoms with Gasteiger partial charge in [0.15, 0.2) is 0 Å². The van der Waals surface area contributed by atoms with Gasteiger partial charge in [0, 0.05) is 5.56 Å². The van der Waals surface area contributed by atoms with Gasteiger partial charge in [0.2, 0.25) is 0 Å². The first-order valence-electron chi connectivity index (χ1n) is 6.72. The second kappa shape index (κ2) is 6.17. The van der Waals surface area contributed by atoms with Crippen LogP contribution in [0.4, 0.5) is 4.39 Å². The standard InChI is InChI=1S/C16H13FN4O/c17-12-6-7-13(18-9-12)10-19-16(22)15-8-14(20-21-15)11-4-2-1-3-5-11/h1-9H,10H2,(H,19,22)(H,20,21). The van der Waals surface area contributed by atoms with Crippen molar-refractivity contribution in [1.82, 2.24) is 20.5 Å². The van der Waals surface area contributed by atoms with E-state index in [4.69, 9.17) is 0 Å². The molecule has 1 aromatic carbocycles. The number of halogens is 1. The Morgan fingerprint density at radius 1 is 1.18 bits per heavy atom. The van der Waals surface area contributed by atoms with E-state index in [2.05, 4.69) is 20.5 Å². The number of H-pyrrole nitrogens is 1. The molecule has 0 saturated carbocycles. The zero-order valence-electron chi connectivity index (χ0n) is 11.6. The van der Waals surface area contributed by atoms with Crippen molar-refractivity contribution in [2.75, 3.05) is 0 Å². The number of carbonyl (C=O) groups excluding carboxylic acids is 1. The number of benzene rings is 1. The molecule has 2 aromatic heterocycles. The Labute approximate surface area is 126 Å².